The fourth-order valence-corrected chi connectivity index (χ4v) is 3.68. The van der Waals surface area contributed by atoms with Gasteiger partial charge in [0.1, 0.15) is 11.5 Å². The van der Waals surface area contributed by atoms with Crippen molar-refractivity contribution >= 4 is 17.7 Å². The third kappa shape index (κ3) is 5.54. The normalized spacial score (nSPS) is 12.8. The highest BCUT2D eigenvalue weighted by molar-refractivity contribution is 7.99. The first-order valence-electron chi connectivity index (χ1n) is 9.65. The Labute approximate surface area is 180 Å². The monoisotopic (exact) mass is 426 g/mol. The van der Waals surface area contributed by atoms with Gasteiger partial charge in [0, 0.05) is 7.05 Å². The zero-order valence-corrected chi connectivity index (χ0v) is 18.3. The van der Waals surface area contributed by atoms with Crippen molar-refractivity contribution in [3.05, 3.63) is 66.0 Å². The van der Waals surface area contributed by atoms with Gasteiger partial charge in [-0.1, -0.05) is 42.1 Å². The molecule has 0 radical (unpaired) electrons. The summed E-state index contributed by atoms with van der Waals surface area (Å²) < 4.78 is 13.0. The minimum Gasteiger partial charge on any atom is -0.497 e. The quantitative estimate of drug-likeness (QED) is 0.522. The van der Waals surface area contributed by atoms with E-state index in [1.54, 1.807) is 7.11 Å². The Balaban J connectivity index is 1.54. The van der Waals surface area contributed by atoms with Crippen molar-refractivity contribution in [2.24, 2.45) is 7.05 Å². The van der Waals surface area contributed by atoms with Gasteiger partial charge in [-0.2, -0.15) is 0 Å². The van der Waals surface area contributed by atoms with Crippen LogP contribution >= 0.6 is 11.8 Å². The van der Waals surface area contributed by atoms with Crippen molar-refractivity contribution in [3.8, 4) is 11.5 Å². The minimum atomic E-state index is -0.294. The lowest BCUT2D eigenvalue weighted by molar-refractivity contribution is -0.119. The molecular formula is C22H26N4O3S. The van der Waals surface area contributed by atoms with Crippen molar-refractivity contribution in [1.82, 2.24) is 20.1 Å². The highest BCUT2D eigenvalue weighted by Crippen LogP contribution is 2.25. The summed E-state index contributed by atoms with van der Waals surface area (Å²) in [6.07, 6.45) is -0.294. The number of hydrogen-bond acceptors (Lipinski definition) is 6. The molecule has 0 saturated carbocycles. The van der Waals surface area contributed by atoms with Crippen molar-refractivity contribution < 1.29 is 14.3 Å². The van der Waals surface area contributed by atoms with Crippen LogP contribution in [-0.4, -0.2) is 33.5 Å². The van der Waals surface area contributed by atoms with Crippen LogP contribution in [-0.2, 0) is 11.8 Å². The molecule has 2 unspecified atom stereocenters. The molecule has 7 nitrogen and oxygen atoms in total. The number of thioether (sulfide) groups is 1. The first-order chi connectivity index (χ1) is 14.5. The number of rotatable bonds is 9. The van der Waals surface area contributed by atoms with Crippen molar-refractivity contribution in [3.63, 3.8) is 0 Å². The second kappa shape index (κ2) is 10.2. The van der Waals surface area contributed by atoms with Crippen LogP contribution in [0.1, 0.15) is 37.4 Å². The molecule has 1 heterocycles. The van der Waals surface area contributed by atoms with Gasteiger partial charge < -0.3 is 19.4 Å². The molecule has 0 saturated heterocycles. The molecule has 3 aromatic rings. The smallest absolute Gasteiger partial charge is 0.230 e. The van der Waals surface area contributed by atoms with Crippen LogP contribution < -0.4 is 14.8 Å². The number of aromatic nitrogens is 3. The lowest BCUT2D eigenvalue weighted by atomic mass is 10.1. The predicted molar refractivity (Wildman–Crippen MR) is 117 cm³/mol. The molecule has 2 aromatic carbocycles. The minimum absolute atomic E-state index is 0.0488. The number of nitrogens with one attached hydrogen (secondary N) is 1. The standard InChI is InChI=1S/C22H26N4O3S/c1-15(17-8-6-5-7-9-17)23-20(27)14-30-22-25-24-21(26(22)3)16(2)29-19-12-10-18(28-4)11-13-19/h5-13,15-16H,14H2,1-4H3,(H,23,27). The topological polar surface area (TPSA) is 78.3 Å². The molecule has 0 aliphatic heterocycles. The molecule has 2 atom stereocenters. The molecular weight excluding hydrogens is 400 g/mol. The fourth-order valence-electron chi connectivity index (χ4n) is 2.96. The maximum absolute atomic E-state index is 12.3. The van der Waals surface area contributed by atoms with E-state index in [0.717, 1.165) is 17.1 Å². The van der Waals surface area contributed by atoms with E-state index in [2.05, 4.69) is 15.5 Å². The number of nitrogens with zero attached hydrogens (tertiary/aromatic N) is 3. The number of amides is 1. The summed E-state index contributed by atoms with van der Waals surface area (Å²) >= 11 is 1.35. The zero-order chi connectivity index (χ0) is 21.5. The molecule has 3 rings (SSSR count). The highest BCUT2D eigenvalue weighted by atomic mass is 32.2. The van der Waals surface area contributed by atoms with Crippen LogP contribution in [0.25, 0.3) is 0 Å². The molecule has 0 bridgehead atoms. The van der Waals surface area contributed by atoms with Crippen LogP contribution in [0.2, 0.25) is 0 Å². The lowest BCUT2D eigenvalue weighted by Crippen LogP contribution is -2.28. The number of carbonyl (C=O) groups is 1. The van der Waals surface area contributed by atoms with Gasteiger partial charge in [-0.25, -0.2) is 0 Å². The van der Waals surface area contributed by atoms with E-state index in [9.17, 15) is 4.79 Å². The van der Waals surface area contributed by atoms with Crippen LogP contribution in [0, 0.1) is 0 Å². The Kier molecular flexibility index (Phi) is 7.35. The first kappa shape index (κ1) is 21.7. The Bertz CT molecular complexity index is 960. The Morgan fingerprint density at radius 3 is 2.40 bits per heavy atom. The average Bonchev–Trinajstić information content (AvgIpc) is 3.14. The molecule has 8 heteroatoms. The molecule has 30 heavy (non-hydrogen) atoms. The van der Waals surface area contributed by atoms with E-state index in [0.29, 0.717) is 11.0 Å². The highest BCUT2D eigenvalue weighted by Gasteiger charge is 2.18. The Morgan fingerprint density at radius 2 is 1.73 bits per heavy atom. The summed E-state index contributed by atoms with van der Waals surface area (Å²) in [5.41, 5.74) is 1.07. The van der Waals surface area contributed by atoms with Gasteiger partial charge in [0.25, 0.3) is 0 Å². The van der Waals surface area contributed by atoms with Crippen LogP contribution in [0.5, 0.6) is 11.5 Å². The molecule has 0 aliphatic rings. The molecule has 0 spiro atoms. The summed E-state index contributed by atoms with van der Waals surface area (Å²) in [7, 11) is 3.50. The summed E-state index contributed by atoms with van der Waals surface area (Å²) in [4.78, 5) is 12.3. The van der Waals surface area contributed by atoms with Gasteiger partial charge in [0.05, 0.1) is 18.9 Å². The van der Waals surface area contributed by atoms with E-state index in [4.69, 9.17) is 9.47 Å². The number of benzene rings is 2. The van der Waals surface area contributed by atoms with E-state index < -0.39 is 0 Å². The lowest BCUT2D eigenvalue weighted by Gasteiger charge is -2.15. The van der Waals surface area contributed by atoms with E-state index >= 15 is 0 Å². The fraction of sp³-hybridized carbons (Fsp3) is 0.318. The maximum Gasteiger partial charge on any atom is 0.230 e. The van der Waals surface area contributed by atoms with E-state index in [-0.39, 0.29) is 23.8 Å². The number of hydrogen-bond donors (Lipinski definition) is 1. The number of ether oxygens (including phenoxy) is 2. The molecule has 1 aromatic heterocycles. The molecule has 0 fully saturated rings. The number of methoxy groups -OCH3 is 1. The van der Waals surface area contributed by atoms with Crippen molar-refractivity contribution in [1.29, 1.82) is 0 Å². The van der Waals surface area contributed by atoms with Gasteiger partial charge in [-0.3, -0.25) is 4.79 Å². The average molecular weight is 427 g/mol. The van der Waals surface area contributed by atoms with Gasteiger partial charge in [0.2, 0.25) is 5.91 Å². The van der Waals surface area contributed by atoms with Gasteiger partial charge in [-0.15, -0.1) is 10.2 Å². The summed E-state index contributed by atoms with van der Waals surface area (Å²) in [6, 6.07) is 17.2. The van der Waals surface area contributed by atoms with Crippen LogP contribution in [0.3, 0.4) is 0 Å². The maximum atomic E-state index is 12.3. The SMILES string of the molecule is COc1ccc(OC(C)c2nnc(SCC(=O)NC(C)c3ccccc3)n2C)cc1. The zero-order valence-electron chi connectivity index (χ0n) is 17.5. The Hall–Kier alpha value is -3.00. The molecule has 1 amide bonds. The first-order valence-corrected chi connectivity index (χ1v) is 10.6. The molecule has 1 N–H and O–H groups in total. The molecule has 158 valence electrons. The van der Waals surface area contributed by atoms with Gasteiger partial charge in [0.15, 0.2) is 17.1 Å². The van der Waals surface area contributed by atoms with Crippen molar-refractivity contribution in [2.45, 2.75) is 31.1 Å². The third-order valence-corrected chi connectivity index (χ3v) is 5.63. The van der Waals surface area contributed by atoms with Crippen molar-refractivity contribution in [2.75, 3.05) is 12.9 Å². The van der Waals surface area contributed by atoms with Gasteiger partial charge >= 0.3 is 0 Å². The number of carbonyl (C=O) groups excluding carboxylic acids is 1. The third-order valence-electron chi connectivity index (χ3n) is 4.61. The largest absolute Gasteiger partial charge is 0.497 e. The second-order valence-corrected chi connectivity index (χ2v) is 7.77. The second-order valence-electron chi connectivity index (χ2n) is 6.82. The molecule has 0 aliphatic carbocycles. The van der Waals surface area contributed by atoms with Crippen LogP contribution in [0.4, 0.5) is 0 Å². The summed E-state index contributed by atoms with van der Waals surface area (Å²) in [5.74, 6) is 2.38. The predicted octanol–water partition coefficient (Wildman–Crippen LogP) is 3.93. The van der Waals surface area contributed by atoms with E-state index in [1.807, 2.05) is 80.1 Å². The van der Waals surface area contributed by atoms with E-state index in [1.165, 1.54) is 11.8 Å². The summed E-state index contributed by atoms with van der Waals surface area (Å²) in [6.45, 7) is 3.88. The van der Waals surface area contributed by atoms with Crippen LogP contribution in [0.15, 0.2) is 59.8 Å². The van der Waals surface area contributed by atoms with Gasteiger partial charge in [-0.05, 0) is 43.7 Å². The Morgan fingerprint density at radius 1 is 1.07 bits per heavy atom. The summed E-state index contributed by atoms with van der Waals surface area (Å²) in [5, 5.41) is 12.1.